The number of nitrogens with zero attached hydrogens (tertiary/aromatic N) is 3. The van der Waals surface area contributed by atoms with Crippen molar-refractivity contribution >= 4 is 5.95 Å². The molecular formula is C12H10F4N4. The Morgan fingerprint density at radius 3 is 2.45 bits per heavy atom. The highest BCUT2D eigenvalue weighted by molar-refractivity contribution is 5.62. The lowest BCUT2D eigenvalue weighted by molar-refractivity contribution is -0.137. The summed E-state index contributed by atoms with van der Waals surface area (Å²) >= 11 is 0. The van der Waals surface area contributed by atoms with Crippen molar-refractivity contribution in [1.29, 1.82) is 0 Å². The van der Waals surface area contributed by atoms with Crippen molar-refractivity contribution in [2.24, 2.45) is 0 Å². The molecule has 106 valence electrons. The van der Waals surface area contributed by atoms with E-state index in [1.807, 2.05) is 0 Å². The monoisotopic (exact) mass is 286 g/mol. The van der Waals surface area contributed by atoms with Gasteiger partial charge in [-0.15, -0.1) is 0 Å². The summed E-state index contributed by atoms with van der Waals surface area (Å²) in [7, 11) is 0. The Kier molecular flexibility index (Phi) is 3.56. The summed E-state index contributed by atoms with van der Waals surface area (Å²) in [4.78, 5) is 11.3. The fourth-order valence-corrected chi connectivity index (χ4v) is 1.67. The van der Waals surface area contributed by atoms with E-state index in [0.29, 0.717) is 12.5 Å². The zero-order valence-corrected chi connectivity index (χ0v) is 10.4. The van der Waals surface area contributed by atoms with Gasteiger partial charge in [-0.05, 0) is 18.2 Å². The van der Waals surface area contributed by atoms with Crippen molar-refractivity contribution in [2.75, 3.05) is 5.73 Å². The summed E-state index contributed by atoms with van der Waals surface area (Å²) in [6, 6.07) is 2.12. The van der Waals surface area contributed by atoms with Crippen LogP contribution in [-0.4, -0.2) is 15.0 Å². The van der Waals surface area contributed by atoms with Gasteiger partial charge in [-0.25, -0.2) is 9.37 Å². The number of nitrogens with two attached hydrogens (primary N) is 1. The first-order valence-electron chi connectivity index (χ1n) is 5.68. The minimum Gasteiger partial charge on any atom is -0.368 e. The number of aryl methyl sites for hydroxylation is 1. The van der Waals surface area contributed by atoms with E-state index < -0.39 is 23.1 Å². The minimum absolute atomic E-state index is 0.204. The van der Waals surface area contributed by atoms with Gasteiger partial charge in [0, 0.05) is 12.0 Å². The van der Waals surface area contributed by atoms with Gasteiger partial charge in [-0.1, -0.05) is 6.92 Å². The van der Waals surface area contributed by atoms with Crippen LogP contribution in [0.3, 0.4) is 0 Å². The van der Waals surface area contributed by atoms with Gasteiger partial charge in [0.05, 0.1) is 5.56 Å². The minimum atomic E-state index is -4.64. The summed E-state index contributed by atoms with van der Waals surface area (Å²) in [6.45, 7) is 1.72. The third-order valence-electron chi connectivity index (χ3n) is 2.54. The van der Waals surface area contributed by atoms with Gasteiger partial charge in [0.2, 0.25) is 5.95 Å². The molecule has 0 radical (unpaired) electrons. The molecule has 0 aliphatic carbocycles. The molecule has 0 spiro atoms. The molecule has 0 saturated carbocycles. The average molecular weight is 286 g/mol. The average Bonchev–Trinajstić information content (AvgIpc) is 2.36. The summed E-state index contributed by atoms with van der Waals surface area (Å²) in [5.74, 6) is -1.07. The molecule has 2 N–H and O–H groups in total. The second-order valence-corrected chi connectivity index (χ2v) is 3.97. The molecule has 0 unspecified atom stereocenters. The van der Waals surface area contributed by atoms with Crippen LogP contribution >= 0.6 is 0 Å². The number of hydrogen-bond donors (Lipinski definition) is 1. The van der Waals surface area contributed by atoms with Crippen LogP contribution in [0.15, 0.2) is 18.2 Å². The van der Waals surface area contributed by atoms with Gasteiger partial charge in [-0.2, -0.15) is 23.1 Å². The Morgan fingerprint density at radius 1 is 1.15 bits per heavy atom. The molecule has 0 fully saturated rings. The van der Waals surface area contributed by atoms with E-state index in [2.05, 4.69) is 15.0 Å². The summed E-state index contributed by atoms with van der Waals surface area (Å²) in [6.07, 6.45) is -4.27. The maximum absolute atomic E-state index is 13.2. The smallest absolute Gasteiger partial charge is 0.368 e. The summed E-state index contributed by atoms with van der Waals surface area (Å²) in [5.41, 5.74) is 3.95. The van der Waals surface area contributed by atoms with Gasteiger partial charge in [0.15, 0.2) is 5.82 Å². The Bertz CT molecular complexity index is 640. The second kappa shape index (κ2) is 5.03. The Balaban J connectivity index is 2.68. The highest BCUT2D eigenvalue weighted by Gasteiger charge is 2.34. The number of nitrogen functional groups attached to an aromatic ring is 1. The van der Waals surface area contributed by atoms with Crippen LogP contribution in [0, 0.1) is 5.82 Å². The third kappa shape index (κ3) is 2.84. The van der Waals surface area contributed by atoms with Crippen LogP contribution in [-0.2, 0) is 12.6 Å². The van der Waals surface area contributed by atoms with Crippen LogP contribution < -0.4 is 5.73 Å². The number of rotatable bonds is 2. The topological polar surface area (TPSA) is 64.7 Å². The van der Waals surface area contributed by atoms with Crippen molar-refractivity contribution < 1.29 is 17.6 Å². The zero-order chi connectivity index (χ0) is 14.9. The van der Waals surface area contributed by atoms with Crippen molar-refractivity contribution in [3.8, 4) is 11.4 Å². The van der Waals surface area contributed by atoms with Gasteiger partial charge in [0.1, 0.15) is 11.6 Å². The molecule has 0 bridgehead atoms. The molecular weight excluding hydrogens is 276 g/mol. The molecule has 0 saturated heterocycles. The number of halogens is 4. The second-order valence-electron chi connectivity index (χ2n) is 3.97. The third-order valence-corrected chi connectivity index (χ3v) is 2.54. The number of hydrogen-bond acceptors (Lipinski definition) is 4. The maximum atomic E-state index is 13.2. The van der Waals surface area contributed by atoms with E-state index in [0.717, 1.165) is 12.1 Å². The number of benzene rings is 1. The highest BCUT2D eigenvalue weighted by atomic mass is 19.4. The van der Waals surface area contributed by atoms with Gasteiger partial charge >= 0.3 is 6.18 Å². The van der Waals surface area contributed by atoms with E-state index in [1.54, 1.807) is 6.92 Å². The number of anilines is 1. The van der Waals surface area contributed by atoms with Gasteiger partial charge < -0.3 is 5.73 Å². The van der Waals surface area contributed by atoms with E-state index in [9.17, 15) is 17.6 Å². The molecule has 1 aromatic carbocycles. The van der Waals surface area contributed by atoms with Crippen molar-refractivity contribution in [2.45, 2.75) is 19.5 Å². The lowest BCUT2D eigenvalue weighted by Crippen LogP contribution is -2.10. The molecule has 0 aliphatic rings. The number of alkyl halides is 3. The van der Waals surface area contributed by atoms with Crippen LogP contribution in [0.4, 0.5) is 23.5 Å². The standard InChI is InChI=1S/C12H10F4N4/c1-2-9-18-10(20-11(17)19-9)7-5-6(13)3-4-8(7)12(14,15)16/h3-5H,2H2,1H3,(H2,17,18,19,20). The Labute approximate surface area is 111 Å². The van der Waals surface area contributed by atoms with Crippen molar-refractivity contribution in [1.82, 2.24) is 15.0 Å². The van der Waals surface area contributed by atoms with Crippen molar-refractivity contribution in [3.05, 3.63) is 35.4 Å². The molecule has 4 nitrogen and oxygen atoms in total. The highest BCUT2D eigenvalue weighted by Crippen LogP contribution is 2.36. The summed E-state index contributed by atoms with van der Waals surface area (Å²) < 4.78 is 52.0. The molecule has 0 atom stereocenters. The molecule has 8 heteroatoms. The molecule has 2 rings (SSSR count). The largest absolute Gasteiger partial charge is 0.417 e. The van der Waals surface area contributed by atoms with Gasteiger partial charge in [-0.3, -0.25) is 0 Å². The SMILES string of the molecule is CCc1nc(N)nc(-c2cc(F)ccc2C(F)(F)F)n1. The molecule has 2 aromatic rings. The van der Waals surface area contributed by atoms with E-state index in [4.69, 9.17) is 5.73 Å². The van der Waals surface area contributed by atoms with Crippen LogP contribution in [0.5, 0.6) is 0 Å². The first-order chi connectivity index (χ1) is 9.31. The first kappa shape index (κ1) is 14.2. The van der Waals surface area contributed by atoms with Crippen LogP contribution in [0.25, 0.3) is 11.4 Å². The Morgan fingerprint density at radius 2 is 1.85 bits per heavy atom. The predicted octanol–water partition coefficient (Wildman–Crippen LogP) is 2.84. The van der Waals surface area contributed by atoms with Crippen LogP contribution in [0.1, 0.15) is 18.3 Å². The quantitative estimate of drug-likeness (QED) is 0.862. The van der Waals surface area contributed by atoms with Gasteiger partial charge in [0.25, 0.3) is 0 Å². The lowest BCUT2D eigenvalue weighted by atomic mass is 10.1. The first-order valence-corrected chi connectivity index (χ1v) is 5.68. The maximum Gasteiger partial charge on any atom is 0.417 e. The van der Waals surface area contributed by atoms with Crippen molar-refractivity contribution in [3.63, 3.8) is 0 Å². The molecule has 0 aliphatic heterocycles. The normalized spacial score (nSPS) is 11.7. The fourth-order valence-electron chi connectivity index (χ4n) is 1.67. The lowest BCUT2D eigenvalue weighted by Gasteiger charge is -2.12. The molecule has 1 aromatic heterocycles. The number of aromatic nitrogens is 3. The van der Waals surface area contributed by atoms with Crippen LogP contribution in [0.2, 0.25) is 0 Å². The molecule has 20 heavy (non-hydrogen) atoms. The van der Waals surface area contributed by atoms with E-state index >= 15 is 0 Å². The predicted molar refractivity (Wildman–Crippen MR) is 64.0 cm³/mol. The van der Waals surface area contributed by atoms with E-state index in [1.165, 1.54) is 0 Å². The molecule has 0 amide bonds. The fraction of sp³-hybridized carbons (Fsp3) is 0.250. The summed E-state index contributed by atoms with van der Waals surface area (Å²) in [5, 5.41) is 0. The molecule has 1 heterocycles. The Hall–Kier alpha value is -2.25. The zero-order valence-electron chi connectivity index (χ0n) is 10.4. The van der Waals surface area contributed by atoms with E-state index in [-0.39, 0.29) is 17.6 Å².